The molecule has 0 radical (unpaired) electrons. The van der Waals surface area contributed by atoms with Crippen molar-refractivity contribution in [2.75, 3.05) is 19.0 Å². The van der Waals surface area contributed by atoms with Crippen molar-refractivity contribution in [3.8, 4) is 5.75 Å². The summed E-state index contributed by atoms with van der Waals surface area (Å²) in [5.41, 5.74) is 1.05. The molecule has 0 spiro atoms. The average Bonchev–Trinajstić information content (AvgIpc) is 3.06. The number of likely N-dealkylation sites (N-methyl/N-ethyl adjacent to an activating group) is 1. The summed E-state index contributed by atoms with van der Waals surface area (Å²) in [7, 11) is 1.56. The average molecular weight is 444 g/mol. The number of amides is 2. The first-order chi connectivity index (χ1) is 15.1. The Balaban J connectivity index is 1.50. The second kappa shape index (κ2) is 8.03. The van der Waals surface area contributed by atoms with Gasteiger partial charge < -0.3 is 19.9 Å². The lowest BCUT2D eigenvalue weighted by molar-refractivity contribution is -0.136. The van der Waals surface area contributed by atoms with Crippen LogP contribution in [0, 0.1) is 6.92 Å². The van der Waals surface area contributed by atoms with Crippen molar-refractivity contribution in [1.82, 2.24) is 14.9 Å². The van der Waals surface area contributed by atoms with Crippen LogP contribution in [0.5, 0.6) is 5.75 Å². The zero-order valence-electron chi connectivity index (χ0n) is 17.2. The number of fused-ring (bicyclic) bond motifs is 2. The van der Waals surface area contributed by atoms with Crippen LogP contribution in [0.2, 0.25) is 0 Å². The van der Waals surface area contributed by atoms with Crippen molar-refractivity contribution >= 4 is 34.6 Å². The van der Waals surface area contributed by atoms with Gasteiger partial charge in [-0.25, -0.2) is 4.98 Å². The number of para-hydroxylation sites is 1. The van der Waals surface area contributed by atoms with E-state index in [1.54, 1.807) is 32.2 Å². The molecule has 0 aliphatic carbocycles. The fourth-order valence-electron chi connectivity index (χ4n) is 3.48. The number of benzene rings is 1. The molecule has 1 aromatic carbocycles. The maximum atomic E-state index is 13.3. The molecule has 32 heavy (non-hydrogen) atoms. The second-order valence-corrected chi connectivity index (χ2v) is 7.43. The van der Waals surface area contributed by atoms with Gasteiger partial charge in [0.05, 0.1) is 17.6 Å². The van der Waals surface area contributed by atoms with Gasteiger partial charge in [0.1, 0.15) is 0 Å². The van der Waals surface area contributed by atoms with E-state index in [-0.39, 0.29) is 30.5 Å². The number of H-pyrrole nitrogens is 1. The Morgan fingerprint density at radius 1 is 1.34 bits per heavy atom. The summed E-state index contributed by atoms with van der Waals surface area (Å²) in [5.74, 6) is 0.0850. The summed E-state index contributed by atoms with van der Waals surface area (Å²) in [6.45, 7) is 1.72. The van der Waals surface area contributed by atoms with E-state index in [4.69, 9.17) is 4.74 Å². The fraction of sp³-hybridized carbons (Fsp3) is 0.227. The smallest absolute Gasteiger partial charge is 0.418 e. The monoisotopic (exact) mass is 444 g/mol. The molecule has 0 bridgehead atoms. The molecule has 0 fully saturated rings. The summed E-state index contributed by atoms with van der Waals surface area (Å²) in [5, 5.41) is 3.05. The molecule has 2 aromatic heterocycles. The van der Waals surface area contributed by atoms with Gasteiger partial charge >= 0.3 is 6.18 Å². The van der Waals surface area contributed by atoms with Crippen molar-refractivity contribution in [3.63, 3.8) is 0 Å². The fourth-order valence-corrected chi connectivity index (χ4v) is 3.48. The second-order valence-electron chi connectivity index (χ2n) is 7.43. The first-order valence-electron chi connectivity index (χ1n) is 9.66. The number of carbonyl (C=O) groups excluding carboxylic acids is 2. The highest BCUT2D eigenvalue weighted by atomic mass is 19.4. The summed E-state index contributed by atoms with van der Waals surface area (Å²) in [4.78, 5) is 32.2. The molecule has 7 nitrogen and oxygen atoms in total. The summed E-state index contributed by atoms with van der Waals surface area (Å²) >= 11 is 0. The van der Waals surface area contributed by atoms with Crippen LogP contribution in [0.15, 0.2) is 36.5 Å². The Labute approximate surface area is 180 Å². The largest absolute Gasteiger partial charge is 0.480 e. The zero-order valence-corrected chi connectivity index (χ0v) is 17.2. The molecule has 2 amide bonds. The van der Waals surface area contributed by atoms with Gasteiger partial charge in [0.15, 0.2) is 18.2 Å². The van der Waals surface area contributed by atoms with Crippen molar-refractivity contribution < 1.29 is 27.5 Å². The standard InChI is InChI=1S/C22H19F3N4O3/c1-12-14-4-3-5-15(22(23,24)25)20(14)27-16(12)10-29(2)19(31)7-6-13-8-17-21(26-9-13)28-18(30)11-32-17/h3-9,27H,10-11H2,1-2H3,(H,26,28,30)/b7-6+. The number of anilines is 1. The number of aromatic amines is 1. The van der Waals surface area contributed by atoms with E-state index in [2.05, 4.69) is 15.3 Å². The molecule has 4 rings (SSSR count). The van der Waals surface area contributed by atoms with Gasteiger partial charge in [-0.05, 0) is 36.3 Å². The van der Waals surface area contributed by atoms with Crippen molar-refractivity contribution in [2.45, 2.75) is 19.6 Å². The Bertz CT molecular complexity index is 1250. The highest BCUT2D eigenvalue weighted by Crippen LogP contribution is 2.36. The number of pyridine rings is 1. The molecule has 0 saturated heterocycles. The van der Waals surface area contributed by atoms with Crippen LogP contribution < -0.4 is 10.1 Å². The number of rotatable bonds is 4. The normalized spacial score (nSPS) is 13.7. The number of aryl methyl sites for hydroxylation is 1. The molecule has 0 unspecified atom stereocenters. The predicted octanol–water partition coefficient (Wildman–Crippen LogP) is 3.89. The number of alkyl halides is 3. The minimum Gasteiger partial charge on any atom is -0.480 e. The zero-order chi connectivity index (χ0) is 23.0. The highest BCUT2D eigenvalue weighted by molar-refractivity contribution is 5.95. The maximum absolute atomic E-state index is 13.3. The van der Waals surface area contributed by atoms with E-state index in [9.17, 15) is 22.8 Å². The lowest BCUT2D eigenvalue weighted by Crippen LogP contribution is -2.26. The Kier molecular flexibility index (Phi) is 5.37. The minimum absolute atomic E-state index is 0.0103. The summed E-state index contributed by atoms with van der Waals surface area (Å²) in [6.07, 6.45) is -0.109. The van der Waals surface area contributed by atoms with Crippen LogP contribution in [-0.4, -0.2) is 40.3 Å². The van der Waals surface area contributed by atoms with E-state index < -0.39 is 11.7 Å². The van der Waals surface area contributed by atoms with Gasteiger partial charge in [-0.1, -0.05) is 12.1 Å². The third kappa shape index (κ3) is 4.16. The maximum Gasteiger partial charge on any atom is 0.418 e. The van der Waals surface area contributed by atoms with Crippen LogP contribution in [-0.2, 0) is 22.3 Å². The molecule has 1 aliphatic rings. The first kappa shape index (κ1) is 21.4. The summed E-state index contributed by atoms with van der Waals surface area (Å²) < 4.78 is 45.2. The van der Waals surface area contributed by atoms with Gasteiger partial charge in [-0.2, -0.15) is 13.2 Å². The van der Waals surface area contributed by atoms with Gasteiger partial charge in [0.25, 0.3) is 5.91 Å². The van der Waals surface area contributed by atoms with Crippen molar-refractivity contribution in [1.29, 1.82) is 0 Å². The summed E-state index contributed by atoms with van der Waals surface area (Å²) in [6, 6.07) is 5.66. The van der Waals surface area contributed by atoms with Gasteiger partial charge in [-0.15, -0.1) is 0 Å². The highest BCUT2D eigenvalue weighted by Gasteiger charge is 2.33. The molecular weight excluding hydrogens is 425 g/mol. The van der Waals surface area contributed by atoms with E-state index in [1.165, 1.54) is 23.2 Å². The topological polar surface area (TPSA) is 87.3 Å². The molecule has 10 heteroatoms. The number of carbonyl (C=O) groups is 2. The van der Waals surface area contributed by atoms with Crippen LogP contribution in [0.3, 0.4) is 0 Å². The third-order valence-electron chi connectivity index (χ3n) is 5.18. The molecule has 3 aromatic rings. The number of ether oxygens (including phenoxy) is 1. The van der Waals surface area contributed by atoms with Crippen LogP contribution in [0.1, 0.15) is 22.4 Å². The number of nitrogens with one attached hydrogen (secondary N) is 2. The third-order valence-corrected chi connectivity index (χ3v) is 5.18. The van der Waals surface area contributed by atoms with E-state index in [1.807, 2.05) is 0 Å². The molecule has 3 heterocycles. The number of nitrogens with zero attached hydrogens (tertiary/aromatic N) is 2. The first-order valence-corrected chi connectivity index (χ1v) is 9.66. The van der Waals surface area contributed by atoms with Crippen molar-refractivity contribution in [3.05, 3.63) is 58.9 Å². The van der Waals surface area contributed by atoms with Gasteiger partial charge in [0, 0.05) is 30.4 Å². The Morgan fingerprint density at radius 3 is 2.88 bits per heavy atom. The molecule has 0 atom stereocenters. The molecule has 166 valence electrons. The molecule has 2 N–H and O–H groups in total. The number of halogens is 3. The van der Waals surface area contributed by atoms with E-state index in [0.717, 1.165) is 6.07 Å². The molecule has 1 aliphatic heterocycles. The lowest BCUT2D eigenvalue weighted by Gasteiger charge is -2.17. The Morgan fingerprint density at radius 2 is 2.12 bits per heavy atom. The van der Waals surface area contributed by atoms with E-state index >= 15 is 0 Å². The number of hydrogen-bond acceptors (Lipinski definition) is 4. The van der Waals surface area contributed by atoms with Crippen LogP contribution in [0.25, 0.3) is 17.0 Å². The Hall–Kier alpha value is -3.82. The van der Waals surface area contributed by atoms with E-state index in [0.29, 0.717) is 33.8 Å². The number of aromatic nitrogens is 2. The molecule has 0 saturated carbocycles. The van der Waals surface area contributed by atoms with Crippen LogP contribution >= 0.6 is 0 Å². The molecular formula is C22H19F3N4O3. The SMILES string of the molecule is Cc1c(CN(C)C(=O)/C=C/c2cnc3c(c2)OCC(=O)N3)[nH]c2c(C(F)(F)F)cccc12. The van der Waals surface area contributed by atoms with Crippen molar-refractivity contribution in [2.24, 2.45) is 0 Å². The quantitative estimate of drug-likeness (QED) is 0.598. The van der Waals surface area contributed by atoms with Gasteiger partial charge in [0.2, 0.25) is 5.91 Å². The van der Waals surface area contributed by atoms with Gasteiger partial charge in [-0.3, -0.25) is 9.59 Å². The van der Waals surface area contributed by atoms with Crippen LogP contribution in [0.4, 0.5) is 19.0 Å². The predicted molar refractivity (Wildman–Crippen MR) is 112 cm³/mol. The minimum atomic E-state index is -4.48. The lowest BCUT2D eigenvalue weighted by atomic mass is 10.1. The number of hydrogen-bond donors (Lipinski definition) is 2.